The van der Waals surface area contributed by atoms with Gasteiger partial charge in [0.15, 0.2) is 0 Å². The SMILES string of the molecule is C=C/C=C(\C(F)CCC1CCC(CCCCC)CC1)C1CCC(C2CCC(=O)CC2)CC1. The van der Waals surface area contributed by atoms with Gasteiger partial charge in [0.2, 0.25) is 0 Å². The van der Waals surface area contributed by atoms with E-state index < -0.39 is 6.17 Å². The predicted molar refractivity (Wildman–Crippen MR) is 134 cm³/mol. The highest BCUT2D eigenvalue weighted by molar-refractivity contribution is 5.79. The average Bonchev–Trinajstić information content (AvgIpc) is 2.83. The van der Waals surface area contributed by atoms with Gasteiger partial charge in [-0.05, 0) is 86.5 Å². The second-order valence-electron chi connectivity index (χ2n) is 11.3. The van der Waals surface area contributed by atoms with Crippen LogP contribution in [0.3, 0.4) is 0 Å². The summed E-state index contributed by atoms with van der Waals surface area (Å²) in [5.74, 6) is 4.03. The Balaban J connectivity index is 1.39. The van der Waals surface area contributed by atoms with Crippen LogP contribution >= 0.6 is 0 Å². The number of alkyl halides is 1. The zero-order valence-electron chi connectivity index (χ0n) is 20.8. The van der Waals surface area contributed by atoms with Crippen LogP contribution in [0.25, 0.3) is 0 Å². The zero-order valence-corrected chi connectivity index (χ0v) is 20.8. The zero-order chi connectivity index (χ0) is 22.8. The van der Waals surface area contributed by atoms with E-state index in [9.17, 15) is 4.79 Å². The van der Waals surface area contributed by atoms with E-state index in [1.807, 2.05) is 12.2 Å². The molecule has 182 valence electrons. The van der Waals surface area contributed by atoms with Crippen LogP contribution in [0.5, 0.6) is 0 Å². The quantitative estimate of drug-likeness (QED) is 0.229. The van der Waals surface area contributed by atoms with Crippen LogP contribution in [0.2, 0.25) is 0 Å². The number of carbonyl (C=O) groups is 1. The molecule has 0 N–H and O–H groups in total. The van der Waals surface area contributed by atoms with E-state index in [4.69, 9.17) is 0 Å². The van der Waals surface area contributed by atoms with Crippen molar-refractivity contribution in [3.8, 4) is 0 Å². The monoisotopic (exact) mass is 444 g/mol. The van der Waals surface area contributed by atoms with Crippen LogP contribution < -0.4 is 0 Å². The fourth-order valence-electron chi connectivity index (χ4n) is 7.03. The van der Waals surface area contributed by atoms with Gasteiger partial charge in [0.05, 0.1) is 0 Å². The number of rotatable bonds is 11. The maximum Gasteiger partial charge on any atom is 0.132 e. The van der Waals surface area contributed by atoms with Crippen molar-refractivity contribution in [1.82, 2.24) is 0 Å². The lowest BCUT2D eigenvalue weighted by Crippen LogP contribution is -2.27. The van der Waals surface area contributed by atoms with Gasteiger partial charge in [-0.3, -0.25) is 4.79 Å². The van der Waals surface area contributed by atoms with Crippen molar-refractivity contribution in [3.05, 3.63) is 24.3 Å². The molecule has 0 saturated heterocycles. The summed E-state index contributed by atoms with van der Waals surface area (Å²) in [4.78, 5) is 11.6. The van der Waals surface area contributed by atoms with Crippen molar-refractivity contribution >= 4 is 5.78 Å². The molecule has 0 radical (unpaired) electrons. The summed E-state index contributed by atoms with van der Waals surface area (Å²) < 4.78 is 15.4. The molecule has 0 spiro atoms. The number of hydrogen-bond donors (Lipinski definition) is 0. The van der Waals surface area contributed by atoms with Crippen LogP contribution in [0.1, 0.15) is 122 Å². The van der Waals surface area contributed by atoms with Gasteiger partial charge >= 0.3 is 0 Å². The van der Waals surface area contributed by atoms with Gasteiger partial charge in [-0.25, -0.2) is 4.39 Å². The van der Waals surface area contributed by atoms with Crippen LogP contribution in [0.15, 0.2) is 24.3 Å². The van der Waals surface area contributed by atoms with Gasteiger partial charge < -0.3 is 0 Å². The molecule has 32 heavy (non-hydrogen) atoms. The number of ketones is 1. The van der Waals surface area contributed by atoms with Crippen molar-refractivity contribution in [2.24, 2.45) is 29.6 Å². The maximum atomic E-state index is 15.4. The largest absolute Gasteiger partial charge is 0.300 e. The molecule has 3 aliphatic rings. The smallest absolute Gasteiger partial charge is 0.132 e. The van der Waals surface area contributed by atoms with Gasteiger partial charge in [0.25, 0.3) is 0 Å². The fourth-order valence-corrected chi connectivity index (χ4v) is 7.03. The molecule has 3 rings (SSSR count). The molecular weight excluding hydrogens is 395 g/mol. The van der Waals surface area contributed by atoms with Crippen LogP contribution in [0.4, 0.5) is 4.39 Å². The molecule has 1 nitrogen and oxygen atoms in total. The minimum absolute atomic E-state index is 0.402. The normalized spacial score (nSPS) is 31.4. The topological polar surface area (TPSA) is 17.1 Å². The Labute approximate surface area is 197 Å². The highest BCUT2D eigenvalue weighted by Gasteiger charge is 2.33. The van der Waals surface area contributed by atoms with Crippen LogP contribution in [-0.4, -0.2) is 12.0 Å². The lowest BCUT2D eigenvalue weighted by molar-refractivity contribution is -0.121. The first-order valence-electron chi connectivity index (χ1n) is 14.1. The Morgan fingerprint density at radius 2 is 1.50 bits per heavy atom. The van der Waals surface area contributed by atoms with E-state index in [0.29, 0.717) is 18.1 Å². The summed E-state index contributed by atoms with van der Waals surface area (Å²) in [7, 11) is 0. The Hall–Kier alpha value is -0.920. The molecule has 0 aliphatic heterocycles. The third-order valence-corrected chi connectivity index (χ3v) is 9.18. The summed E-state index contributed by atoms with van der Waals surface area (Å²) >= 11 is 0. The molecule has 1 atom stereocenters. The van der Waals surface area contributed by atoms with Crippen molar-refractivity contribution in [2.75, 3.05) is 0 Å². The van der Waals surface area contributed by atoms with E-state index in [-0.39, 0.29) is 0 Å². The highest BCUT2D eigenvalue weighted by atomic mass is 19.1. The first-order valence-corrected chi connectivity index (χ1v) is 14.1. The average molecular weight is 445 g/mol. The van der Waals surface area contributed by atoms with Gasteiger partial charge in [-0.1, -0.05) is 77.0 Å². The van der Waals surface area contributed by atoms with Crippen LogP contribution in [-0.2, 0) is 4.79 Å². The molecule has 3 fully saturated rings. The Bertz CT molecular complexity index is 582. The Kier molecular flexibility index (Phi) is 11.0. The standard InChI is InChI=1S/C30H49FO/c1-3-5-6-8-23-9-11-24(12-10-23)13-22-30(31)29(7-4-2)27-16-14-25(15-17-27)26-18-20-28(32)21-19-26/h4,7,23-27,30H,2-3,5-6,8-22H2,1H3/b29-7-. The summed E-state index contributed by atoms with van der Waals surface area (Å²) in [5, 5.41) is 0. The molecule has 0 heterocycles. The van der Waals surface area contributed by atoms with E-state index in [2.05, 4.69) is 13.5 Å². The molecule has 2 heteroatoms. The fraction of sp³-hybridized carbons (Fsp3) is 0.833. The van der Waals surface area contributed by atoms with E-state index in [1.165, 1.54) is 64.2 Å². The summed E-state index contributed by atoms with van der Waals surface area (Å²) in [6.07, 6.45) is 24.1. The molecule has 3 saturated carbocycles. The van der Waals surface area contributed by atoms with Gasteiger partial charge in [-0.2, -0.15) is 0 Å². The number of carbonyl (C=O) groups excluding carboxylic acids is 1. The van der Waals surface area contributed by atoms with Gasteiger partial charge in [0, 0.05) is 12.8 Å². The third-order valence-electron chi connectivity index (χ3n) is 9.18. The first-order chi connectivity index (χ1) is 15.6. The number of halogens is 1. The van der Waals surface area contributed by atoms with Crippen molar-refractivity contribution in [2.45, 2.75) is 129 Å². The molecule has 3 aliphatic carbocycles. The van der Waals surface area contributed by atoms with E-state index in [0.717, 1.165) is 74.2 Å². The lowest BCUT2D eigenvalue weighted by Gasteiger charge is -2.37. The molecule has 0 amide bonds. The Morgan fingerprint density at radius 1 is 0.906 bits per heavy atom. The molecule has 0 aromatic carbocycles. The summed E-state index contributed by atoms with van der Waals surface area (Å²) in [6.45, 7) is 6.17. The number of Topliss-reactive ketones (excluding diaryl/α,β-unsaturated/α-hetero) is 1. The minimum Gasteiger partial charge on any atom is -0.300 e. The number of unbranched alkanes of at least 4 members (excludes halogenated alkanes) is 2. The number of hydrogen-bond acceptors (Lipinski definition) is 1. The first kappa shape index (κ1) is 25.7. The van der Waals surface area contributed by atoms with Gasteiger partial charge in [0.1, 0.15) is 12.0 Å². The van der Waals surface area contributed by atoms with Crippen molar-refractivity contribution in [3.63, 3.8) is 0 Å². The molecule has 0 aromatic heterocycles. The second-order valence-corrected chi connectivity index (χ2v) is 11.3. The lowest BCUT2D eigenvalue weighted by atomic mass is 9.69. The van der Waals surface area contributed by atoms with Crippen molar-refractivity contribution < 1.29 is 9.18 Å². The molecule has 0 bridgehead atoms. The van der Waals surface area contributed by atoms with E-state index >= 15 is 4.39 Å². The highest BCUT2D eigenvalue weighted by Crippen LogP contribution is 2.43. The summed E-state index contributed by atoms with van der Waals surface area (Å²) in [5.41, 5.74) is 1.03. The summed E-state index contributed by atoms with van der Waals surface area (Å²) in [6, 6.07) is 0. The molecule has 0 aromatic rings. The minimum atomic E-state index is -0.788. The third kappa shape index (κ3) is 7.84. The van der Waals surface area contributed by atoms with Crippen molar-refractivity contribution in [1.29, 1.82) is 0 Å². The predicted octanol–water partition coefficient (Wildman–Crippen LogP) is 9.17. The maximum absolute atomic E-state index is 15.4. The van der Waals surface area contributed by atoms with Crippen LogP contribution in [0, 0.1) is 29.6 Å². The number of allylic oxidation sites excluding steroid dienone is 3. The van der Waals surface area contributed by atoms with Gasteiger partial charge in [-0.15, -0.1) is 0 Å². The van der Waals surface area contributed by atoms with E-state index in [1.54, 1.807) is 0 Å². The molecule has 1 unspecified atom stereocenters. The Morgan fingerprint density at radius 3 is 2.09 bits per heavy atom. The second kappa shape index (κ2) is 13.7. The molecular formula is C30H49FO.